The molecule has 12 heteroatoms. The van der Waals surface area contributed by atoms with Crippen LogP contribution in [0.25, 0.3) is 0 Å². The van der Waals surface area contributed by atoms with E-state index in [1.54, 1.807) is 24.3 Å². The highest BCUT2D eigenvalue weighted by Crippen LogP contribution is 2.02. The van der Waals surface area contributed by atoms with Crippen LogP contribution in [0.5, 0.6) is 0 Å². The molecule has 0 aliphatic carbocycles. The second kappa shape index (κ2) is 11.6. The van der Waals surface area contributed by atoms with Crippen molar-refractivity contribution in [1.29, 1.82) is 0 Å². The average Bonchev–Trinajstić information content (AvgIpc) is 2.74. The highest BCUT2D eigenvalue weighted by Gasteiger charge is 2.13. The number of carbonyl (C=O) groups excluding carboxylic acids is 2. The number of rotatable bonds is 4. The molecular formula is C18H18F2N6O2S2. The lowest BCUT2D eigenvalue weighted by atomic mass is 10.2. The molecule has 8 nitrogen and oxygen atoms in total. The molecule has 0 saturated heterocycles. The second-order valence-corrected chi connectivity index (χ2v) is 6.59. The minimum atomic E-state index is -1.02. The number of thiocarbonyl (C=S) groups is 2. The van der Waals surface area contributed by atoms with Crippen molar-refractivity contribution in [3.05, 3.63) is 71.3 Å². The van der Waals surface area contributed by atoms with Gasteiger partial charge in [-0.1, -0.05) is 24.3 Å². The fourth-order valence-electron chi connectivity index (χ4n) is 2.00. The SMILES string of the molecule is O=C(NNC(=S)NCc1ccc(F)cc1)C(=O)NNC(=S)NCc1ccc(F)cc1. The van der Waals surface area contributed by atoms with Gasteiger partial charge in [0.05, 0.1) is 0 Å². The van der Waals surface area contributed by atoms with Crippen LogP contribution < -0.4 is 32.3 Å². The molecule has 0 unspecified atom stereocenters. The molecule has 0 aromatic heterocycles. The van der Waals surface area contributed by atoms with Crippen LogP contribution in [-0.2, 0) is 22.7 Å². The molecule has 0 spiro atoms. The maximum Gasteiger partial charge on any atom is 0.329 e. The number of nitrogens with one attached hydrogen (secondary N) is 6. The average molecular weight is 453 g/mol. The molecule has 2 aromatic rings. The van der Waals surface area contributed by atoms with Gasteiger partial charge in [-0.05, 0) is 59.8 Å². The highest BCUT2D eigenvalue weighted by molar-refractivity contribution is 7.80. The van der Waals surface area contributed by atoms with Crippen molar-refractivity contribution in [2.45, 2.75) is 13.1 Å². The molecule has 2 amide bonds. The summed E-state index contributed by atoms with van der Waals surface area (Å²) < 4.78 is 25.7. The summed E-state index contributed by atoms with van der Waals surface area (Å²) in [5, 5.41) is 5.68. The third kappa shape index (κ3) is 8.32. The molecule has 0 aliphatic rings. The molecular weight excluding hydrogens is 434 g/mol. The molecule has 6 N–H and O–H groups in total. The van der Waals surface area contributed by atoms with Crippen molar-refractivity contribution in [3.8, 4) is 0 Å². The Morgan fingerprint density at radius 1 is 0.633 bits per heavy atom. The summed E-state index contributed by atoms with van der Waals surface area (Å²) in [5.74, 6) is -2.74. The molecule has 0 radical (unpaired) electrons. The first kappa shape index (κ1) is 22.9. The molecule has 0 bridgehead atoms. The van der Waals surface area contributed by atoms with Gasteiger partial charge >= 0.3 is 11.8 Å². The van der Waals surface area contributed by atoms with E-state index in [2.05, 4.69) is 32.3 Å². The van der Waals surface area contributed by atoms with E-state index in [0.29, 0.717) is 13.1 Å². The summed E-state index contributed by atoms with van der Waals surface area (Å²) in [7, 11) is 0. The van der Waals surface area contributed by atoms with E-state index < -0.39 is 11.8 Å². The summed E-state index contributed by atoms with van der Waals surface area (Å²) in [5.41, 5.74) is 10.5. The number of halogens is 2. The zero-order chi connectivity index (χ0) is 21.9. The number of carbonyl (C=O) groups is 2. The molecule has 0 aliphatic heterocycles. The maximum atomic E-state index is 12.8. The Bertz CT molecular complexity index is 834. The first-order valence-corrected chi connectivity index (χ1v) is 9.32. The van der Waals surface area contributed by atoms with Gasteiger partial charge in [-0.25, -0.2) is 8.78 Å². The topological polar surface area (TPSA) is 106 Å². The Hall–Kier alpha value is -3.38. The lowest BCUT2D eigenvalue weighted by Crippen LogP contribution is -2.55. The normalized spacial score (nSPS) is 9.80. The molecule has 0 atom stereocenters. The van der Waals surface area contributed by atoms with Gasteiger partial charge in [0.15, 0.2) is 10.2 Å². The van der Waals surface area contributed by atoms with Crippen molar-refractivity contribution in [2.24, 2.45) is 0 Å². The van der Waals surface area contributed by atoms with E-state index in [-0.39, 0.29) is 21.9 Å². The van der Waals surface area contributed by atoms with Crippen molar-refractivity contribution >= 4 is 46.5 Å². The summed E-state index contributed by atoms with van der Waals surface area (Å²) in [4.78, 5) is 23.5. The highest BCUT2D eigenvalue weighted by atomic mass is 32.1. The molecule has 158 valence electrons. The minimum absolute atomic E-state index is 0.0601. The Kier molecular flexibility index (Phi) is 8.84. The zero-order valence-corrected chi connectivity index (χ0v) is 17.1. The summed E-state index contributed by atoms with van der Waals surface area (Å²) in [6.07, 6.45) is 0. The van der Waals surface area contributed by atoms with Gasteiger partial charge in [0.1, 0.15) is 11.6 Å². The van der Waals surface area contributed by atoms with Gasteiger partial charge in [-0.3, -0.25) is 31.3 Å². The molecule has 2 aromatic carbocycles. The quantitative estimate of drug-likeness (QED) is 0.228. The van der Waals surface area contributed by atoms with Crippen LogP contribution in [0, 0.1) is 11.6 Å². The van der Waals surface area contributed by atoms with Crippen molar-refractivity contribution in [3.63, 3.8) is 0 Å². The number of benzene rings is 2. The van der Waals surface area contributed by atoms with E-state index in [1.165, 1.54) is 24.3 Å². The van der Waals surface area contributed by atoms with Crippen LogP contribution in [0.1, 0.15) is 11.1 Å². The Labute approximate surface area is 181 Å². The molecule has 0 fully saturated rings. The summed E-state index contributed by atoms with van der Waals surface area (Å²) >= 11 is 9.93. The van der Waals surface area contributed by atoms with Gasteiger partial charge in [0, 0.05) is 13.1 Å². The zero-order valence-electron chi connectivity index (χ0n) is 15.4. The van der Waals surface area contributed by atoms with Crippen LogP contribution in [0.15, 0.2) is 48.5 Å². The van der Waals surface area contributed by atoms with Crippen LogP contribution in [0.3, 0.4) is 0 Å². The standard InChI is InChI=1S/C18H18F2N6O2S2/c19-13-5-1-11(2-6-13)9-21-17(29)25-23-15(27)16(28)24-26-18(30)22-10-12-3-7-14(20)8-4-12/h1-8H,9-10H2,(H,23,27)(H,24,28)(H2,21,25,29)(H2,22,26,30). The maximum absolute atomic E-state index is 12.8. The summed E-state index contributed by atoms with van der Waals surface area (Å²) in [6.45, 7) is 0.591. The largest absolute Gasteiger partial charge is 0.357 e. The summed E-state index contributed by atoms with van der Waals surface area (Å²) in [6, 6.07) is 11.6. The number of hydrogen-bond donors (Lipinski definition) is 6. The predicted molar refractivity (Wildman–Crippen MR) is 114 cm³/mol. The van der Waals surface area contributed by atoms with Crippen LogP contribution in [0.2, 0.25) is 0 Å². The first-order chi connectivity index (χ1) is 14.3. The smallest absolute Gasteiger partial charge is 0.329 e. The third-order valence-corrected chi connectivity index (χ3v) is 4.01. The van der Waals surface area contributed by atoms with E-state index in [9.17, 15) is 18.4 Å². The molecule has 2 rings (SSSR count). The predicted octanol–water partition coefficient (Wildman–Crippen LogP) is 0.656. The van der Waals surface area contributed by atoms with E-state index in [1.807, 2.05) is 0 Å². The fraction of sp³-hybridized carbons (Fsp3) is 0.111. The lowest BCUT2D eigenvalue weighted by molar-refractivity contribution is -0.139. The van der Waals surface area contributed by atoms with E-state index in [4.69, 9.17) is 24.4 Å². The number of hydrogen-bond acceptors (Lipinski definition) is 4. The Balaban J connectivity index is 1.61. The van der Waals surface area contributed by atoms with Crippen molar-refractivity contribution < 1.29 is 18.4 Å². The fourth-order valence-corrected chi connectivity index (χ4v) is 2.24. The van der Waals surface area contributed by atoms with Crippen LogP contribution >= 0.6 is 24.4 Å². The van der Waals surface area contributed by atoms with Crippen LogP contribution in [0.4, 0.5) is 8.78 Å². The number of hydrazine groups is 2. The molecule has 0 saturated carbocycles. The third-order valence-electron chi connectivity index (χ3n) is 3.52. The second-order valence-electron chi connectivity index (χ2n) is 5.78. The van der Waals surface area contributed by atoms with Crippen LogP contribution in [-0.4, -0.2) is 22.0 Å². The number of amides is 2. The van der Waals surface area contributed by atoms with Gasteiger partial charge < -0.3 is 10.6 Å². The molecule has 0 heterocycles. The van der Waals surface area contributed by atoms with Crippen molar-refractivity contribution in [2.75, 3.05) is 0 Å². The van der Waals surface area contributed by atoms with E-state index >= 15 is 0 Å². The molecule has 30 heavy (non-hydrogen) atoms. The van der Waals surface area contributed by atoms with Gasteiger partial charge in [-0.2, -0.15) is 0 Å². The van der Waals surface area contributed by atoms with E-state index in [0.717, 1.165) is 11.1 Å². The Morgan fingerprint density at radius 3 is 1.30 bits per heavy atom. The van der Waals surface area contributed by atoms with Crippen molar-refractivity contribution in [1.82, 2.24) is 32.3 Å². The monoisotopic (exact) mass is 452 g/mol. The minimum Gasteiger partial charge on any atom is -0.357 e. The lowest BCUT2D eigenvalue weighted by Gasteiger charge is -2.13. The van der Waals surface area contributed by atoms with Gasteiger partial charge in [-0.15, -0.1) is 0 Å². The van der Waals surface area contributed by atoms with Gasteiger partial charge in [0.25, 0.3) is 0 Å². The van der Waals surface area contributed by atoms with Gasteiger partial charge in [0.2, 0.25) is 0 Å². The Morgan fingerprint density at radius 2 is 0.967 bits per heavy atom. The first-order valence-electron chi connectivity index (χ1n) is 8.50.